The molecule has 1 saturated heterocycles. The van der Waals surface area contributed by atoms with Crippen molar-refractivity contribution in [2.75, 3.05) is 26.3 Å². The van der Waals surface area contributed by atoms with Crippen molar-refractivity contribution in [3.8, 4) is 0 Å². The summed E-state index contributed by atoms with van der Waals surface area (Å²) < 4.78 is 11.0. The molecule has 2 rings (SSSR count). The average molecular weight is 327 g/mol. The Bertz CT molecular complexity index is 498. The minimum absolute atomic E-state index is 0.0940. The highest BCUT2D eigenvalue weighted by atomic mass is 32.1. The molecule has 1 aliphatic rings. The van der Waals surface area contributed by atoms with Gasteiger partial charge in [-0.1, -0.05) is 0 Å². The molecule has 22 heavy (non-hydrogen) atoms. The van der Waals surface area contributed by atoms with Crippen molar-refractivity contribution < 1.29 is 14.3 Å². The van der Waals surface area contributed by atoms with Crippen LogP contribution < -0.4 is 5.32 Å². The number of thiazole rings is 1. The third-order valence-electron chi connectivity index (χ3n) is 3.31. The molecule has 0 radical (unpaired) electrons. The third-order valence-corrected chi connectivity index (χ3v) is 4.25. The van der Waals surface area contributed by atoms with E-state index in [1.54, 1.807) is 16.2 Å². The van der Waals surface area contributed by atoms with Crippen LogP contribution in [-0.4, -0.2) is 53.9 Å². The van der Waals surface area contributed by atoms with Crippen LogP contribution in [0.4, 0.5) is 4.79 Å². The van der Waals surface area contributed by atoms with Crippen LogP contribution in [0.5, 0.6) is 0 Å². The molecule has 0 spiro atoms. The number of carbonyl (C=O) groups excluding carboxylic acids is 1. The van der Waals surface area contributed by atoms with Crippen molar-refractivity contribution in [2.24, 2.45) is 0 Å². The zero-order valence-electron chi connectivity index (χ0n) is 13.7. The first kappa shape index (κ1) is 17.2. The average Bonchev–Trinajstić information content (AvgIpc) is 2.69. The summed E-state index contributed by atoms with van der Waals surface area (Å²) in [4.78, 5) is 19.4. The van der Waals surface area contributed by atoms with Gasteiger partial charge in [-0.05, 0) is 27.7 Å². The Hall–Kier alpha value is -1.18. The van der Waals surface area contributed by atoms with Crippen LogP contribution in [-0.2, 0) is 16.0 Å². The van der Waals surface area contributed by atoms with Gasteiger partial charge in [0, 0.05) is 30.6 Å². The van der Waals surface area contributed by atoms with Gasteiger partial charge in [-0.2, -0.15) is 0 Å². The maximum atomic E-state index is 12.2. The second-order valence-corrected chi connectivity index (χ2v) is 7.38. The summed E-state index contributed by atoms with van der Waals surface area (Å²) >= 11 is 1.64. The maximum Gasteiger partial charge on any atom is 0.410 e. The molecule has 0 aromatic carbocycles. The number of aryl methyl sites for hydroxylation is 1. The smallest absolute Gasteiger partial charge is 0.410 e. The van der Waals surface area contributed by atoms with Crippen LogP contribution in [0.15, 0.2) is 5.51 Å². The second kappa shape index (κ2) is 7.39. The predicted molar refractivity (Wildman–Crippen MR) is 86.1 cm³/mol. The molecule has 1 fully saturated rings. The van der Waals surface area contributed by atoms with Crippen molar-refractivity contribution in [2.45, 2.75) is 45.9 Å². The number of nitrogens with zero attached hydrogens (tertiary/aromatic N) is 2. The lowest BCUT2D eigenvalue weighted by Crippen LogP contribution is -2.45. The fraction of sp³-hybridized carbons (Fsp3) is 0.733. The Morgan fingerprint density at radius 1 is 1.59 bits per heavy atom. The Balaban J connectivity index is 1.89. The minimum Gasteiger partial charge on any atom is -0.444 e. The summed E-state index contributed by atoms with van der Waals surface area (Å²) in [5, 5.41) is 3.45. The van der Waals surface area contributed by atoms with Gasteiger partial charge >= 0.3 is 6.09 Å². The quantitative estimate of drug-likeness (QED) is 0.922. The van der Waals surface area contributed by atoms with Crippen molar-refractivity contribution in [3.05, 3.63) is 16.1 Å². The summed E-state index contributed by atoms with van der Waals surface area (Å²) in [7, 11) is 0. The third kappa shape index (κ3) is 5.23. The Morgan fingerprint density at radius 2 is 2.36 bits per heavy atom. The molecule has 1 unspecified atom stereocenters. The van der Waals surface area contributed by atoms with E-state index in [2.05, 4.69) is 10.3 Å². The molecule has 7 heteroatoms. The largest absolute Gasteiger partial charge is 0.444 e. The number of carbonyl (C=O) groups is 1. The van der Waals surface area contributed by atoms with Gasteiger partial charge < -0.3 is 19.7 Å². The Labute approximate surface area is 135 Å². The van der Waals surface area contributed by atoms with E-state index in [0.717, 1.165) is 12.2 Å². The van der Waals surface area contributed by atoms with E-state index in [-0.39, 0.29) is 12.1 Å². The lowest BCUT2D eigenvalue weighted by Gasteiger charge is -2.28. The SMILES string of the molecule is Cc1ncsc1CNC1COCCN(C(=O)OC(C)(C)C)C1. The van der Waals surface area contributed by atoms with E-state index < -0.39 is 5.60 Å². The van der Waals surface area contributed by atoms with Gasteiger partial charge in [0.15, 0.2) is 0 Å². The molecule has 6 nitrogen and oxygen atoms in total. The van der Waals surface area contributed by atoms with E-state index in [4.69, 9.17) is 9.47 Å². The molecule has 0 saturated carbocycles. The minimum atomic E-state index is -0.479. The monoisotopic (exact) mass is 327 g/mol. The fourth-order valence-electron chi connectivity index (χ4n) is 2.16. The first-order chi connectivity index (χ1) is 10.3. The molecule has 1 aromatic heterocycles. The van der Waals surface area contributed by atoms with E-state index in [1.807, 2.05) is 33.2 Å². The van der Waals surface area contributed by atoms with Gasteiger partial charge in [0.25, 0.3) is 0 Å². The normalized spacial score (nSPS) is 19.8. The summed E-state index contributed by atoms with van der Waals surface area (Å²) in [6.07, 6.45) is -0.279. The number of nitrogens with one attached hydrogen (secondary N) is 1. The zero-order chi connectivity index (χ0) is 16.2. The van der Waals surface area contributed by atoms with Gasteiger partial charge in [0.05, 0.1) is 24.4 Å². The van der Waals surface area contributed by atoms with Crippen LogP contribution in [0.3, 0.4) is 0 Å². The lowest BCUT2D eigenvalue weighted by atomic mass is 10.2. The molecule has 0 bridgehead atoms. The zero-order valence-corrected chi connectivity index (χ0v) is 14.5. The van der Waals surface area contributed by atoms with Crippen molar-refractivity contribution in [1.82, 2.24) is 15.2 Å². The van der Waals surface area contributed by atoms with Crippen molar-refractivity contribution in [1.29, 1.82) is 0 Å². The van der Waals surface area contributed by atoms with Gasteiger partial charge in [-0.15, -0.1) is 11.3 Å². The van der Waals surface area contributed by atoms with Gasteiger partial charge in [-0.3, -0.25) is 0 Å². The van der Waals surface area contributed by atoms with Crippen LogP contribution in [0, 0.1) is 6.92 Å². The number of amides is 1. The van der Waals surface area contributed by atoms with E-state index in [9.17, 15) is 4.79 Å². The summed E-state index contributed by atoms with van der Waals surface area (Å²) in [5.74, 6) is 0. The number of rotatable bonds is 3. The summed E-state index contributed by atoms with van der Waals surface area (Å²) in [6.45, 7) is 10.7. The number of ether oxygens (including phenoxy) is 2. The van der Waals surface area contributed by atoms with E-state index in [0.29, 0.717) is 26.3 Å². The van der Waals surface area contributed by atoms with Crippen LogP contribution in [0.2, 0.25) is 0 Å². The summed E-state index contributed by atoms with van der Waals surface area (Å²) in [6, 6.07) is 0.0940. The Kier molecular flexibility index (Phi) is 5.77. The second-order valence-electron chi connectivity index (χ2n) is 6.44. The molecule has 2 heterocycles. The summed E-state index contributed by atoms with van der Waals surface area (Å²) in [5.41, 5.74) is 2.42. The first-order valence-electron chi connectivity index (χ1n) is 7.53. The molecule has 1 aliphatic heterocycles. The van der Waals surface area contributed by atoms with Crippen LogP contribution in [0.1, 0.15) is 31.3 Å². The molecule has 1 N–H and O–H groups in total. The molecule has 0 aliphatic carbocycles. The van der Waals surface area contributed by atoms with Crippen molar-refractivity contribution in [3.63, 3.8) is 0 Å². The number of aromatic nitrogens is 1. The molecule has 1 amide bonds. The van der Waals surface area contributed by atoms with E-state index >= 15 is 0 Å². The predicted octanol–water partition coefficient (Wildman–Crippen LogP) is 2.18. The molecule has 1 aromatic rings. The van der Waals surface area contributed by atoms with Crippen LogP contribution in [0.25, 0.3) is 0 Å². The van der Waals surface area contributed by atoms with Crippen molar-refractivity contribution >= 4 is 17.4 Å². The number of hydrogen-bond acceptors (Lipinski definition) is 6. The highest BCUT2D eigenvalue weighted by molar-refractivity contribution is 7.09. The van der Waals surface area contributed by atoms with Gasteiger partial charge in [0.2, 0.25) is 0 Å². The standard InChI is InChI=1S/C15H25N3O3S/c1-11-13(22-10-17-11)7-16-12-8-18(5-6-20-9-12)14(19)21-15(2,3)4/h10,12,16H,5-9H2,1-4H3. The number of hydrogen-bond donors (Lipinski definition) is 1. The van der Waals surface area contributed by atoms with Crippen LogP contribution >= 0.6 is 11.3 Å². The Morgan fingerprint density at radius 3 is 3.00 bits per heavy atom. The molecule has 124 valence electrons. The molecular formula is C15H25N3O3S. The highest BCUT2D eigenvalue weighted by Crippen LogP contribution is 2.14. The first-order valence-corrected chi connectivity index (χ1v) is 8.41. The molecule has 1 atom stereocenters. The fourth-order valence-corrected chi connectivity index (χ4v) is 2.89. The van der Waals surface area contributed by atoms with Gasteiger partial charge in [-0.25, -0.2) is 9.78 Å². The lowest BCUT2D eigenvalue weighted by molar-refractivity contribution is 0.0238. The highest BCUT2D eigenvalue weighted by Gasteiger charge is 2.26. The van der Waals surface area contributed by atoms with Gasteiger partial charge in [0.1, 0.15) is 5.60 Å². The topological polar surface area (TPSA) is 63.7 Å². The molecular weight excluding hydrogens is 302 g/mol. The van der Waals surface area contributed by atoms with E-state index in [1.165, 1.54) is 4.88 Å². The maximum absolute atomic E-state index is 12.2.